The molecular formula is C10H15N3O. The van der Waals surface area contributed by atoms with Gasteiger partial charge in [-0.1, -0.05) is 0 Å². The molecule has 1 aliphatic rings. The molecule has 0 radical (unpaired) electrons. The molecule has 0 aromatic carbocycles. The van der Waals surface area contributed by atoms with Gasteiger partial charge in [0.2, 0.25) is 0 Å². The largest absolute Gasteiger partial charge is 0.326 e. The first-order chi connectivity index (χ1) is 6.74. The number of fused-ring (bicyclic) bond motifs is 1. The fourth-order valence-corrected chi connectivity index (χ4v) is 1.93. The van der Waals surface area contributed by atoms with Gasteiger partial charge in [-0.3, -0.25) is 4.79 Å². The Hall–Kier alpha value is -1.13. The molecular weight excluding hydrogens is 178 g/mol. The van der Waals surface area contributed by atoms with E-state index >= 15 is 0 Å². The molecule has 4 nitrogen and oxygen atoms in total. The molecule has 0 saturated heterocycles. The van der Waals surface area contributed by atoms with Crippen LogP contribution in [-0.4, -0.2) is 11.1 Å². The van der Waals surface area contributed by atoms with Crippen LogP contribution in [0.4, 0.5) is 0 Å². The van der Waals surface area contributed by atoms with E-state index < -0.39 is 0 Å². The van der Waals surface area contributed by atoms with Crippen LogP contribution >= 0.6 is 0 Å². The lowest BCUT2D eigenvalue weighted by molar-refractivity contribution is 0.586. The summed E-state index contributed by atoms with van der Waals surface area (Å²) in [6, 6.07) is 1.96. The van der Waals surface area contributed by atoms with Crippen LogP contribution in [0, 0.1) is 0 Å². The summed E-state index contributed by atoms with van der Waals surface area (Å²) in [5, 5.41) is 3.26. The Morgan fingerprint density at radius 2 is 2.43 bits per heavy atom. The fraction of sp³-hybridized carbons (Fsp3) is 0.500. The smallest absolute Gasteiger partial charge is 0.255 e. The summed E-state index contributed by atoms with van der Waals surface area (Å²) < 4.78 is 1.71. The minimum atomic E-state index is 0.0370. The standard InChI is InChI=1S/C10H15N3O/c1-13-9-6-12-3-2-7(9)4-8(5-11)10(13)14/h4,12H,2-3,5-6,11H2,1H3. The highest BCUT2D eigenvalue weighted by atomic mass is 16.1. The van der Waals surface area contributed by atoms with Crippen molar-refractivity contribution in [1.29, 1.82) is 0 Å². The number of nitrogens with two attached hydrogens (primary N) is 1. The third-order valence-corrected chi connectivity index (χ3v) is 2.79. The van der Waals surface area contributed by atoms with Gasteiger partial charge in [-0.15, -0.1) is 0 Å². The maximum absolute atomic E-state index is 11.7. The Morgan fingerprint density at radius 3 is 3.14 bits per heavy atom. The summed E-state index contributed by atoms with van der Waals surface area (Å²) in [6.07, 6.45) is 0.983. The Balaban J connectivity index is 2.63. The second-order valence-corrected chi connectivity index (χ2v) is 3.64. The van der Waals surface area contributed by atoms with Crippen molar-refractivity contribution in [3.05, 3.63) is 33.2 Å². The molecule has 0 fully saturated rings. The van der Waals surface area contributed by atoms with Crippen molar-refractivity contribution in [1.82, 2.24) is 9.88 Å². The van der Waals surface area contributed by atoms with Gasteiger partial charge in [0.25, 0.3) is 5.56 Å². The Morgan fingerprint density at radius 1 is 1.64 bits per heavy atom. The molecule has 0 saturated carbocycles. The number of hydrogen-bond acceptors (Lipinski definition) is 3. The van der Waals surface area contributed by atoms with Crippen LogP contribution in [0.2, 0.25) is 0 Å². The quantitative estimate of drug-likeness (QED) is 0.631. The van der Waals surface area contributed by atoms with Gasteiger partial charge in [0.1, 0.15) is 0 Å². The summed E-state index contributed by atoms with van der Waals surface area (Å²) in [4.78, 5) is 11.7. The molecule has 3 N–H and O–H groups in total. The topological polar surface area (TPSA) is 60.0 Å². The fourth-order valence-electron chi connectivity index (χ4n) is 1.93. The van der Waals surface area contributed by atoms with Gasteiger partial charge < -0.3 is 15.6 Å². The maximum atomic E-state index is 11.7. The molecule has 0 atom stereocenters. The van der Waals surface area contributed by atoms with Crippen LogP contribution in [0.3, 0.4) is 0 Å². The molecule has 1 aliphatic heterocycles. The molecule has 0 spiro atoms. The maximum Gasteiger partial charge on any atom is 0.255 e. The first-order valence-electron chi connectivity index (χ1n) is 4.85. The van der Waals surface area contributed by atoms with E-state index in [1.54, 1.807) is 4.57 Å². The predicted octanol–water partition coefficient (Wildman–Crippen LogP) is -0.510. The number of hydrogen-bond donors (Lipinski definition) is 2. The van der Waals surface area contributed by atoms with Crippen molar-refractivity contribution >= 4 is 0 Å². The lowest BCUT2D eigenvalue weighted by atomic mass is 10.0. The summed E-state index contributed by atoms with van der Waals surface area (Å²) in [6.45, 7) is 2.09. The molecule has 0 unspecified atom stereocenters. The second-order valence-electron chi connectivity index (χ2n) is 3.64. The Labute approximate surface area is 82.7 Å². The van der Waals surface area contributed by atoms with Crippen molar-refractivity contribution in [3.8, 4) is 0 Å². The zero-order valence-electron chi connectivity index (χ0n) is 8.34. The second kappa shape index (κ2) is 3.55. The van der Waals surface area contributed by atoms with E-state index in [-0.39, 0.29) is 5.56 Å². The van der Waals surface area contributed by atoms with E-state index in [0.717, 1.165) is 25.2 Å². The zero-order chi connectivity index (χ0) is 10.1. The lowest BCUT2D eigenvalue weighted by Crippen LogP contribution is -2.34. The highest BCUT2D eigenvalue weighted by Gasteiger charge is 2.14. The molecule has 14 heavy (non-hydrogen) atoms. The minimum absolute atomic E-state index is 0.0370. The number of pyridine rings is 1. The average Bonchev–Trinajstić information content (AvgIpc) is 2.23. The van der Waals surface area contributed by atoms with E-state index in [0.29, 0.717) is 12.1 Å². The predicted molar refractivity (Wildman–Crippen MR) is 55.0 cm³/mol. The first-order valence-corrected chi connectivity index (χ1v) is 4.85. The molecule has 2 rings (SSSR count). The van der Waals surface area contributed by atoms with Crippen molar-refractivity contribution in [2.75, 3.05) is 6.54 Å². The van der Waals surface area contributed by atoms with Gasteiger partial charge in [0, 0.05) is 31.4 Å². The van der Waals surface area contributed by atoms with Gasteiger partial charge in [0.05, 0.1) is 0 Å². The van der Waals surface area contributed by atoms with Crippen molar-refractivity contribution in [2.45, 2.75) is 19.5 Å². The highest BCUT2D eigenvalue weighted by molar-refractivity contribution is 5.28. The lowest BCUT2D eigenvalue weighted by Gasteiger charge is -2.20. The summed E-state index contributed by atoms with van der Waals surface area (Å²) in [7, 11) is 1.81. The number of aromatic nitrogens is 1. The molecule has 4 heteroatoms. The first kappa shape index (κ1) is 9.43. The minimum Gasteiger partial charge on any atom is -0.326 e. The van der Waals surface area contributed by atoms with E-state index in [4.69, 9.17) is 5.73 Å². The van der Waals surface area contributed by atoms with Crippen LogP contribution in [0.5, 0.6) is 0 Å². The normalized spacial score (nSPS) is 15.3. The molecule has 0 aliphatic carbocycles. The molecule has 76 valence electrons. The number of nitrogens with zero attached hydrogens (tertiary/aromatic N) is 1. The van der Waals surface area contributed by atoms with Crippen molar-refractivity contribution < 1.29 is 0 Å². The molecule has 1 aromatic rings. The monoisotopic (exact) mass is 193 g/mol. The van der Waals surface area contributed by atoms with Crippen molar-refractivity contribution in [2.24, 2.45) is 12.8 Å². The molecule has 0 bridgehead atoms. The molecule has 1 aromatic heterocycles. The van der Waals surface area contributed by atoms with Gasteiger partial charge in [-0.2, -0.15) is 0 Å². The van der Waals surface area contributed by atoms with Crippen LogP contribution in [0.1, 0.15) is 16.8 Å². The van der Waals surface area contributed by atoms with E-state index in [2.05, 4.69) is 5.32 Å². The summed E-state index contributed by atoms with van der Waals surface area (Å²) in [5.41, 5.74) is 8.63. The van der Waals surface area contributed by atoms with E-state index in [1.165, 1.54) is 5.56 Å². The Kier molecular flexibility index (Phi) is 2.39. The third-order valence-electron chi connectivity index (χ3n) is 2.79. The van der Waals surface area contributed by atoms with Crippen LogP contribution in [-0.2, 0) is 26.6 Å². The zero-order valence-corrected chi connectivity index (χ0v) is 8.34. The molecule has 0 amide bonds. The van der Waals surface area contributed by atoms with Crippen molar-refractivity contribution in [3.63, 3.8) is 0 Å². The van der Waals surface area contributed by atoms with Gasteiger partial charge in [-0.25, -0.2) is 0 Å². The van der Waals surface area contributed by atoms with E-state index in [1.807, 2.05) is 13.1 Å². The number of rotatable bonds is 1. The van der Waals surface area contributed by atoms with Gasteiger partial charge in [0.15, 0.2) is 0 Å². The highest BCUT2D eigenvalue weighted by Crippen LogP contribution is 2.12. The van der Waals surface area contributed by atoms with Gasteiger partial charge in [-0.05, 0) is 24.6 Å². The molecule has 2 heterocycles. The number of nitrogens with one attached hydrogen (secondary N) is 1. The van der Waals surface area contributed by atoms with Gasteiger partial charge >= 0.3 is 0 Å². The van der Waals surface area contributed by atoms with Crippen LogP contribution < -0.4 is 16.6 Å². The summed E-state index contributed by atoms with van der Waals surface area (Å²) >= 11 is 0. The Bertz CT molecular complexity index is 409. The van der Waals surface area contributed by atoms with E-state index in [9.17, 15) is 4.79 Å². The van der Waals surface area contributed by atoms with Crippen LogP contribution in [0.15, 0.2) is 10.9 Å². The SMILES string of the molecule is Cn1c2c(cc(CN)c1=O)CCNC2. The summed E-state index contributed by atoms with van der Waals surface area (Å²) in [5.74, 6) is 0. The third kappa shape index (κ3) is 1.36. The van der Waals surface area contributed by atoms with Crippen LogP contribution in [0.25, 0.3) is 0 Å². The average molecular weight is 193 g/mol.